The molecule has 0 aliphatic carbocycles. The Bertz CT molecular complexity index is 379. The van der Waals surface area contributed by atoms with Crippen LogP contribution in [0.15, 0.2) is 0 Å². The SMILES string of the molecule is CCN(CC1CCN(C(=O)C2CCCNC2)C1)CC(F)(F)F.Cl.Cl. The molecule has 0 radical (unpaired) electrons. The molecule has 2 aliphatic heterocycles. The number of nitrogens with zero attached hydrogens (tertiary/aromatic N) is 2. The maximum absolute atomic E-state index is 12.5. The molecule has 2 fully saturated rings. The van der Waals surface area contributed by atoms with Crippen LogP contribution in [0.3, 0.4) is 0 Å². The molecule has 2 saturated heterocycles. The number of nitrogens with one attached hydrogen (secondary N) is 1. The van der Waals surface area contributed by atoms with Crippen LogP contribution in [-0.2, 0) is 4.79 Å². The van der Waals surface area contributed by atoms with E-state index in [9.17, 15) is 18.0 Å². The summed E-state index contributed by atoms with van der Waals surface area (Å²) in [5.74, 6) is 0.376. The average Bonchev–Trinajstić information content (AvgIpc) is 2.93. The van der Waals surface area contributed by atoms with Crippen molar-refractivity contribution in [3.05, 3.63) is 0 Å². The highest BCUT2D eigenvalue weighted by molar-refractivity contribution is 5.85. The van der Waals surface area contributed by atoms with Gasteiger partial charge in [-0.1, -0.05) is 6.92 Å². The lowest BCUT2D eigenvalue weighted by molar-refractivity contribution is -0.147. The molecule has 144 valence electrons. The van der Waals surface area contributed by atoms with Gasteiger partial charge in [0.05, 0.1) is 12.5 Å². The number of amides is 1. The zero-order valence-corrected chi connectivity index (χ0v) is 15.6. The topological polar surface area (TPSA) is 35.6 Å². The van der Waals surface area contributed by atoms with Gasteiger partial charge in [-0.05, 0) is 38.3 Å². The number of rotatable bonds is 5. The second kappa shape index (κ2) is 10.7. The predicted octanol–water partition coefficient (Wildman–Crippen LogP) is 2.56. The zero-order chi connectivity index (χ0) is 16.2. The van der Waals surface area contributed by atoms with Crippen molar-refractivity contribution in [1.82, 2.24) is 15.1 Å². The van der Waals surface area contributed by atoms with Crippen LogP contribution in [0.1, 0.15) is 26.2 Å². The van der Waals surface area contributed by atoms with E-state index in [2.05, 4.69) is 5.32 Å². The summed E-state index contributed by atoms with van der Waals surface area (Å²) < 4.78 is 37.5. The normalized spacial score (nSPS) is 24.5. The molecular formula is C15H28Cl2F3N3O. The van der Waals surface area contributed by atoms with Gasteiger partial charge in [0.1, 0.15) is 0 Å². The highest BCUT2D eigenvalue weighted by atomic mass is 35.5. The Morgan fingerprint density at radius 2 is 2.00 bits per heavy atom. The van der Waals surface area contributed by atoms with Crippen LogP contribution in [0, 0.1) is 11.8 Å². The molecule has 9 heteroatoms. The number of halogens is 5. The van der Waals surface area contributed by atoms with E-state index in [1.54, 1.807) is 6.92 Å². The minimum atomic E-state index is -4.15. The van der Waals surface area contributed by atoms with Gasteiger partial charge in [-0.25, -0.2) is 0 Å². The van der Waals surface area contributed by atoms with E-state index < -0.39 is 12.7 Å². The molecule has 0 aromatic rings. The molecular weight excluding hydrogens is 366 g/mol. The number of carbonyl (C=O) groups is 1. The predicted molar refractivity (Wildman–Crippen MR) is 92.9 cm³/mol. The van der Waals surface area contributed by atoms with E-state index >= 15 is 0 Å². The Balaban J connectivity index is 0.00000264. The van der Waals surface area contributed by atoms with Gasteiger partial charge in [-0.3, -0.25) is 9.69 Å². The molecule has 2 unspecified atom stereocenters. The molecule has 0 bridgehead atoms. The maximum Gasteiger partial charge on any atom is 0.401 e. The van der Waals surface area contributed by atoms with E-state index in [-0.39, 0.29) is 42.6 Å². The van der Waals surface area contributed by atoms with E-state index in [4.69, 9.17) is 0 Å². The second-order valence-corrected chi connectivity index (χ2v) is 6.43. The summed E-state index contributed by atoms with van der Waals surface area (Å²) in [6.07, 6.45) is -1.41. The van der Waals surface area contributed by atoms with E-state index in [1.165, 1.54) is 4.90 Å². The molecule has 24 heavy (non-hydrogen) atoms. The van der Waals surface area contributed by atoms with Crippen LogP contribution in [-0.4, -0.2) is 67.7 Å². The number of hydrogen-bond acceptors (Lipinski definition) is 3. The van der Waals surface area contributed by atoms with Crippen molar-refractivity contribution in [1.29, 1.82) is 0 Å². The van der Waals surface area contributed by atoms with E-state index in [1.807, 2.05) is 4.90 Å². The van der Waals surface area contributed by atoms with Crippen LogP contribution in [0.2, 0.25) is 0 Å². The third kappa shape index (κ3) is 7.33. The molecule has 0 spiro atoms. The fourth-order valence-corrected chi connectivity index (χ4v) is 3.43. The molecule has 0 aromatic heterocycles. The summed E-state index contributed by atoms with van der Waals surface area (Å²) in [5, 5.41) is 3.24. The molecule has 2 atom stereocenters. The van der Waals surface area contributed by atoms with E-state index in [0.29, 0.717) is 26.2 Å². The first-order chi connectivity index (χ1) is 10.4. The first-order valence-electron chi connectivity index (χ1n) is 8.17. The van der Waals surface area contributed by atoms with Gasteiger partial charge in [0, 0.05) is 26.2 Å². The first-order valence-corrected chi connectivity index (χ1v) is 8.17. The molecule has 4 nitrogen and oxygen atoms in total. The third-order valence-electron chi connectivity index (χ3n) is 4.61. The van der Waals surface area contributed by atoms with Gasteiger partial charge >= 0.3 is 6.18 Å². The Kier molecular flexibility index (Phi) is 10.6. The number of piperidine rings is 1. The Labute approximate surface area is 154 Å². The van der Waals surface area contributed by atoms with Crippen molar-refractivity contribution < 1.29 is 18.0 Å². The summed E-state index contributed by atoms with van der Waals surface area (Å²) in [5.41, 5.74) is 0. The third-order valence-corrected chi connectivity index (χ3v) is 4.61. The molecule has 1 amide bonds. The van der Waals surface area contributed by atoms with Crippen LogP contribution >= 0.6 is 24.8 Å². The molecule has 0 aromatic carbocycles. The van der Waals surface area contributed by atoms with Crippen LogP contribution in [0.5, 0.6) is 0 Å². The maximum atomic E-state index is 12.5. The lowest BCUT2D eigenvalue weighted by atomic mass is 9.98. The van der Waals surface area contributed by atoms with Crippen molar-refractivity contribution in [3.8, 4) is 0 Å². The molecule has 1 N–H and O–H groups in total. The summed E-state index contributed by atoms with van der Waals surface area (Å²) in [4.78, 5) is 15.7. The lowest BCUT2D eigenvalue weighted by Crippen LogP contribution is -2.43. The number of hydrogen-bond donors (Lipinski definition) is 1. The molecule has 0 saturated carbocycles. The molecule has 2 rings (SSSR count). The Morgan fingerprint density at radius 3 is 2.54 bits per heavy atom. The fraction of sp³-hybridized carbons (Fsp3) is 0.933. The monoisotopic (exact) mass is 393 g/mol. The van der Waals surface area contributed by atoms with Crippen molar-refractivity contribution in [2.45, 2.75) is 32.4 Å². The highest BCUT2D eigenvalue weighted by Crippen LogP contribution is 2.23. The van der Waals surface area contributed by atoms with Crippen molar-refractivity contribution in [3.63, 3.8) is 0 Å². The summed E-state index contributed by atoms with van der Waals surface area (Å²) in [7, 11) is 0. The fourth-order valence-electron chi connectivity index (χ4n) is 3.43. The minimum Gasteiger partial charge on any atom is -0.342 e. The highest BCUT2D eigenvalue weighted by Gasteiger charge is 2.34. The smallest absolute Gasteiger partial charge is 0.342 e. The summed E-state index contributed by atoms with van der Waals surface area (Å²) in [6.45, 7) is 4.68. The quantitative estimate of drug-likeness (QED) is 0.779. The lowest BCUT2D eigenvalue weighted by Gasteiger charge is -2.28. The summed E-state index contributed by atoms with van der Waals surface area (Å²) >= 11 is 0. The Morgan fingerprint density at radius 1 is 1.29 bits per heavy atom. The zero-order valence-electron chi connectivity index (χ0n) is 14.0. The standard InChI is InChI=1S/C15H26F3N3O.2ClH/c1-2-20(11-15(16,17)18)9-12-5-7-21(10-12)14(22)13-4-3-6-19-8-13;;/h12-13,19H,2-11H2,1H3;2*1H. The van der Waals surface area contributed by atoms with Gasteiger partial charge < -0.3 is 10.2 Å². The average molecular weight is 394 g/mol. The molecule has 2 aliphatic rings. The number of likely N-dealkylation sites (tertiary alicyclic amines) is 1. The van der Waals surface area contributed by atoms with Crippen molar-refractivity contribution >= 4 is 30.7 Å². The van der Waals surface area contributed by atoms with Gasteiger partial charge in [-0.15, -0.1) is 24.8 Å². The van der Waals surface area contributed by atoms with Crippen molar-refractivity contribution in [2.24, 2.45) is 11.8 Å². The first kappa shape index (κ1) is 23.8. The number of alkyl halides is 3. The van der Waals surface area contributed by atoms with Crippen LogP contribution < -0.4 is 5.32 Å². The largest absolute Gasteiger partial charge is 0.401 e. The number of carbonyl (C=O) groups excluding carboxylic acids is 1. The molecule has 2 heterocycles. The van der Waals surface area contributed by atoms with Crippen LogP contribution in [0.25, 0.3) is 0 Å². The van der Waals surface area contributed by atoms with Gasteiger partial charge in [0.2, 0.25) is 5.91 Å². The van der Waals surface area contributed by atoms with Gasteiger partial charge in [-0.2, -0.15) is 13.2 Å². The summed E-state index contributed by atoms with van der Waals surface area (Å²) in [6, 6.07) is 0. The minimum absolute atomic E-state index is 0. The Hall–Kier alpha value is -0.240. The van der Waals surface area contributed by atoms with E-state index in [0.717, 1.165) is 32.4 Å². The van der Waals surface area contributed by atoms with Crippen molar-refractivity contribution in [2.75, 3.05) is 45.8 Å². The van der Waals surface area contributed by atoms with Gasteiger partial charge in [0.25, 0.3) is 0 Å². The van der Waals surface area contributed by atoms with Gasteiger partial charge in [0.15, 0.2) is 0 Å². The van der Waals surface area contributed by atoms with Crippen LogP contribution in [0.4, 0.5) is 13.2 Å². The second-order valence-electron chi connectivity index (χ2n) is 6.43.